The van der Waals surface area contributed by atoms with Gasteiger partial charge in [0.2, 0.25) is 0 Å². The standard InChI is InChI=1S/C63H40F3N3.C57H36F3N3/c1-40-15-14-23-55(63(64,65)66)62(40)47-28-34-61(69-57-24-13-12-22-49(57)51-35-44(27-33-60(51)69)41-16-6-3-7-17-41)52(38-47)50-39-48(29-30-56(50)67-2)68-58-31-25-45(42-18-8-4-9-19-42)36-53(58)54-37-46(26-32-59(54)68)43-20-10-5-11-21-43;1-36-14-13-21-49(57(58,59)60)56(36)41-26-31-55(63-52-23-12-10-20-44(52)47-33-40(25-30-54(47)63)38-17-7-4-8-18-38)48(34-41)45-35-42(27-28-50(45)61-2)62-51-22-11-9-19-43(51)46-32-39(24-29-53(46)62)37-15-5-3-6-16-37/h3-39H,1H3;3-35H,1H3. The van der Waals surface area contributed by atoms with Gasteiger partial charge in [0.25, 0.3) is 0 Å². The van der Waals surface area contributed by atoms with Gasteiger partial charge in [0.15, 0.2) is 11.4 Å². The van der Waals surface area contributed by atoms with Crippen LogP contribution < -0.4 is 0 Å². The van der Waals surface area contributed by atoms with Crippen LogP contribution >= 0.6 is 0 Å². The van der Waals surface area contributed by atoms with E-state index < -0.39 is 23.5 Å². The van der Waals surface area contributed by atoms with Crippen molar-refractivity contribution >= 4 is 98.6 Å². The number of hydrogen-bond donors (Lipinski definition) is 0. The highest BCUT2D eigenvalue weighted by Crippen LogP contribution is 2.51. The Morgan fingerprint density at radius 2 is 0.462 bits per heavy atom. The van der Waals surface area contributed by atoms with E-state index in [1.807, 2.05) is 188 Å². The zero-order valence-corrected chi connectivity index (χ0v) is 71.4. The SMILES string of the molecule is [C-]#[N+]c1ccc(-n2c3ccc(-c4ccccc4)cc3c3cc(-c4ccccc4)ccc32)cc1-c1cc(-c2c(C)cccc2C(F)(F)F)ccc1-n1c2ccccc2c2cc(-c3ccccc3)ccc21.[C-]#[N+]c1ccc(-n2c3ccccc3c3cc(-c4ccccc4)ccc32)cc1-c1cc(-c2c(C)cccc2C(F)(F)F)ccc1-n1c2ccccc2c2cc(-c3ccccc3)ccc21. The first-order valence-electron chi connectivity index (χ1n) is 43.6. The summed E-state index contributed by atoms with van der Waals surface area (Å²) in [5, 5.41) is 8.47. The maximum absolute atomic E-state index is 14.9. The van der Waals surface area contributed by atoms with Crippen molar-refractivity contribution in [3.63, 3.8) is 0 Å². The summed E-state index contributed by atoms with van der Waals surface area (Å²) < 4.78 is 98.0. The van der Waals surface area contributed by atoms with Crippen molar-refractivity contribution in [3.8, 4) is 123 Å². The maximum Gasteiger partial charge on any atom is 0.417 e. The summed E-state index contributed by atoms with van der Waals surface area (Å²) in [6.45, 7) is 20.5. The van der Waals surface area contributed by atoms with E-state index in [9.17, 15) is 26.3 Å². The zero-order chi connectivity index (χ0) is 89.6. The summed E-state index contributed by atoms with van der Waals surface area (Å²) in [5.74, 6) is 0. The lowest BCUT2D eigenvalue weighted by atomic mass is 9.91. The van der Waals surface area contributed by atoms with Gasteiger partial charge in [0, 0.05) is 54.5 Å². The molecule has 0 amide bonds. The minimum Gasteiger partial charge on any atom is -0.309 e. The van der Waals surface area contributed by atoms with Gasteiger partial charge in [-0.25, -0.2) is 9.69 Å². The molecule has 0 aliphatic carbocycles. The summed E-state index contributed by atoms with van der Waals surface area (Å²) in [6, 6.07) is 140. The topological polar surface area (TPSA) is 28.4 Å². The number of para-hydroxylation sites is 3. The van der Waals surface area contributed by atoms with Gasteiger partial charge < -0.3 is 18.3 Å². The molecule has 12 heteroatoms. The van der Waals surface area contributed by atoms with E-state index in [1.54, 1.807) is 38.1 Å². The van der Waals surface area contributed by atoms with Gasteiger partial charge >= 0.3 is 12.4 Å². The molecule has 4 heterocycles. The summed E-state index contributed by atoms with van der Waals surface area (Å²) in [5.41, 5.74) is 25.7. The van der Waals surface area contributed by atoms with Crippen LogP contribution in [0.3, 0.4) is 0 Å². The lowest BCUT2D eigenvalue weighted by Gasteiger charge is -2.20. The van der Waals surface area contributed by atoms with Crippen LogP contribution in [0.1, 0.15) is 22.3 Å². The van der Waals surface area contributed by atoms with Crippen molar-refractivity contribution in [2.75, 3.05) is 0 Å². The van der Waals surface area contributed by atoms with E-state index in [0.717, 1.165) is 178 Å². The van der Waals surface area contributed by atoms with Gasteiger partial charge in [-0.05, 0) is 265 Å². The highest BCUT2D eigenvalue weighted by Gasteiger charge is 2.37. The summed E-state index contributed by atoms with van der Waals surface area (Å²) in [6.07, 6.45) is -9.18. The lowest BCUT2D eigenvalue weighted by Crippen LogP contribution is -2.08. The second-order valence-electron chi connectivity index (χ2n) is 33.5. The second kappa shape index (κ2) is 32.7. The maximum atomic E-state index is 14.9. The molecule has 4 aromatic heterocycles. The predicted molar refractivity (Wildman–Crippen MR) is 531 cm³/mol. The molecule has 0 spiro atoms. The molecule has 0 N–H and O–H groups in total. The van der Waals surface area contributed by atoms with Crippen LogP contribution in [-0.4, -0.2) is 18.3 Å². The number of fused-ring (bicyclic) bond motifs is 12. The third kappa shape index (κ3) is 14.1. The monoisotopic (exact) mass is 1710 g/mol. The van der Waals surface area contributed by atoms with E-state index in [-0.39, 0.29) is 11.1 Å². The van der Waals surface area contributed by atoms with E-state index in [4.69, 9.17) is 13.1 Å². The van der Waals surface area contributed by atoms with Crippen LogP contribution in [0.5, 0.6) is 0 Å². The van der Waals surface area contributed by atoms with E-state index in [0.29, 0.717) is 55.9 Å². The number of aryl methyl sites for hydroxylation is 2. The molecule has 6 nitrogen and oxygen atoms in total. The van der Waals surface area contributed by atoms with Crippen molar-refractivity contribution in [3.05, 3.63) is 470 Å². The first-order chi connectivity index (χ1) is 64.5. The molecule has 23 aromatic rings. The summed E-state index contributed by atoms with van der Waals surface area (Å²) in [4.78, 5) is 8.16. The van der Waals surface area contributed by atoms with E-state index >= 15 is 0 Å². The summed E-state index contributed by atoms with van der Waals surface area (Å²) in [7, 11) is 0. The van der Waals surface area contributed by atoms with Crippen LogP contribution in [0.2, 0.25) is 0 Å². The Morgan fingerprint density at radius 1 is 0.205 bits per heavy atom. The molecule has 0 unspecified atom stereocenters. The average molecular weight is 1720 g/mol. The van der Waals surface area contributed by atoms with Gasteiger partial charge in [0.1, 0.15) is 0 Å². The number of aromatic nitrogens is 4. The third-order valence-corrected chi connectivity index (χ3v) is 25.8. The largest absolute Gasteiger partial charge is 0.417 e. The Labute approximate surface area is 757 Å². The second-order valence-corrected chi connectivity index (χ2v) is 33.5. The molecule has 0 radical (unpaired) electrons. The first kappa shape index (κ1) is 80.7. The molecule has 19 aromatic carbocycles. The van der Waals surface area contributed by atoms with Gasteiger partial charge in [-0.3, -0.25) is 0 Å². The zero-order valence-electron chi connectivity index (χ0n) is 71.4. The van der Waals surface area contributed by atoms with Crippen LogP contribution in [0.25, 0.3) is 220 Å². The van der Waals surface area contributed by atoms with Gasteiger partial charge in [-0.15, -0.1) is 0 Å². The molecule has 132 heavy (non-hydrogen) atoms. The van der Waals surface area contributed by atoms with Crippen LogP contribution in [-0.2, 0) is 12.4 Å². The quantitative estimate of drug-likeness (QED) is 0.0813. The van der Waals surface area contributed by atoms with E-state index in [2.05, 4.69) is 216 Å². The molecule has 0 aliphatic rings. The van der Waals surface area contributed by atoms with Crippen molar-refractivity contribution < 1.29 is 26.3 Å². The number of hydrogen-bond acceptors (Lipinski definition) is 0. The molecule has 23 rings (SSSR count). The minimum atomic E-state index is -4.59. The number of nitrogens with zero attached hydrogens (tertiary/aromatic N) is 6. The van der Waals surface area contributed by atoms with Gasteiger partial charge in [0.05, 0.1) is 79.8 Å². The lowest BCUT2D eigenvalue weighted by molar-refractivity contribution is -0.137. The number of alkyl halides is 6. The molecular weight excluding hydrogens is 1640 g/mol. The Balaban J connectivity index is 0.000000155. The first-order valence-corrected chi connectivity index (χ1v) is 43.6. The molecule has 0 aliphatic heterocycles. The fraction of sp³-hybridized carbons (Fsp3) is 0.0333. The Kier molecular flexibility index (Phi) is 20.0. The average Bonchev–Trinajstić information content (AvgIpc) is 1.44. The molecule has 0 saturated heterocycles. The molecule has 0 atom stereocenters. The van der Waals surface area contributed by atoms with Crippen LogP contribution in [0.15, 0.2) is 425 Å². The van der Waals surface area contributed by atoms with Crippen LogP contribution in [0, 0.1) is 27.0 Å². The fourth-order valence-corrected chi connectivity index (χ4v) is 19.8. The highest BCUT2D eigenvalue weighted by atomic mass is 19.4. The molecule has 628 valence electrons. The summed E-state index contributed by atoms with van der Waals surface area (Å²) >= 11 is 0. The Morgan fingerprint density at radius 3 is 0.758 bits per heavy atom. The molecule has 0 bridgehead atoms. The number of halogens is 6. The third-order valence-electron chi connectivity index (χ3n) is 25.8. The normalized spacial score (nSPS) is 11.8. The van der Waals surface area contributed by atoms with E-state index in [1.165, 1.54) is 12.1 Å². The van der Waals surface area contributed by atoms with Gasteiger partial charge in [-0.2, -0.15) is 26.3 Å². The smallest absolute Gasteiger partial charge is 0.309 e. The van der Waals surface area contributed by atoms with Crippen LogP contribution in [0.4, 0.5) is 37.7 Å². The molecule has 0 saturated carbocycles. The number of benzene rings is 19. The minimum absolute atomic E-state index is 0.110. The van der Waals surface area contributed by atoms with Crippen molar-refractivity contribution in [1.29, 1.82) is 0 Å². The van der Waals surface area contributed by atoms with Crippen molar-refractivity contribution in [1.82, 2.24) is 18.3 Å². The van der Waals surface area contributed by atoms with Crippen molar-refractivity contribution in [2.24, 2.45) is 0 Å². The predicted octanol–water partition coefficient (Wildman–Crippen LogP) is 34.5. The molecule has 0 fully saturated rings. The molecular formula is C120H76F6N6. The highest BCUT2D eigenvalue weighted by molar-refractivity contribution is 6.16. The Bertz CT molecular complexity index is 8540. The number of rotatable bonds is 13. The Hall–Kier alpha value is -17.1. The fourth-order valence-electron chi connectivity index (χ4n) is 19.8. The van der Waals surface area contributed by atoms with Crippen molar-refractivity contribution in [2.45, 2.75) is 26.2 Å². The van der Waals surface area contributed by atoms with Gasteiger partial charge in [-0.1, -0.05) is 285 Å².